The van der Waals surface area contributed by atoms with Crippen molar-refractivity contribution in [2.75, 3.05) is 6.54 Å². The summed E-state index contributed by atoms with van der Waals surface area (Å²) < 4.78 is 0. The Morgan fingerprint density at radius 3 is 2.95 bits per heavy atom. The number of hydrogen-bond donors (Lipinski definition) is 2. The lowest BCUT2D eigenvalue weighted by molar-refractivity contribution is 0.587. The van der Waals surface area contributed by atoms with Crippen molar-refractivity contribution in [1.82, 2.24) is 25.7 Å². The van der Waals surface area contributed by atoms with E-state index in [0.717, 1.165) is 35.1 Å². The van der Waals surface area contributed by atoms with E-state index in [0.29, 0.717) is 0 Å². The van der Waals surface area contributed by atoms with Gasteiger partial charge in [0.15, 0.2) is 0 Å². The monoisotopic (exact) mass is 267 g/mol. The summed E-state index contributed by atoms with van der Waals surface area (Å²) in [5.74, 6) is 0. The quantitative estimate of drug-likeness (QED) is 0.745. The number of hydrogen-bond acceptors (Lipinski definition) is 4. The lowest BCUT2D eigenvalue weighted by Gasteiger charge is -2.17. The standard InChI is InChI=1S/C15H17N5/c1-2-8-16-15(13-10-18-20-19-13)12-7-3-5-11-6-4-9-17-14(11)12/h3-7,9-10,15-16H,2,8H2,1H3,(H,18,19,20). The molecule has 2 aromatic heterocycles. The molecule has 0 radical (unpaired) electrons. The lowest BCUT2D eigenvalue weighted by atomic mass is 10.0. The molecule has 0 aliphatic rings. The van der Waals surface area contributed by atoms with E-state index in [1.165, 1.54) is 0 Å². The van der Waals surface area contributed by atoms with Crippen molar-refractivity contribution < 1.29 is 0 Å². The largest absolute Gasteiger partial charge is 0.305 e. The van der Waals surface area contributed by atoms with Crippen LogP contribution >= 0.6 is 0 Å². The van der Waals surface area contributed by atoms with Crippen molar-refractivity contribution in [3.05, 3.63) is 54.0 Å². The number of aromatic nitrogens is 4. The molecule has 0 fully saturated rings. The Hall–Kier alpha value is -2.27. The summed E-state index contributed by atoms with van der Waals surface area (Å²) in [7, 11) is 0. The van der Waals surface area contributed by atoms with Crippen LogP contribution in [0, 0.1) is 0 Å². The summed E-state index contributed by atoms with van der Waals surface area (Å²) in [6, 6.07) is 10.3. The van der Waals surface area contributed by atoms with Gasteiger partial charge in [0.05, 0.1) is 17.8 Å². The molecule has 2 N–H and O–H groups in total. The van der Waals surface area contributed by atoms with Gasteiger partial charge in [-0.2, -0.15) is 15.4 Å². The number of pyridine rings is 1. The average Bonchev–Trinajstić information content (AvgIpc) is 3.02. The molecule has 0 bridgehead atoms. The molecule has 0 saturated carbocycles. The van der Waals surface area contributed by atoms with E-state index in [-0.39, 0.29) is 6.04 Å². The Labute approximate surface area is 117 Å². The first-order valence-electron chi connectivity index (χ1n) is 6.83. The van der Waals surface area contributed by atoms with E-state index in [9.17, 15) is 0 Å². The number of para-hydroxylation sites is 1. The van der Waals surface area contributed by atoms with Gasteiger partial charge in [0.2, 0.25) is 0 Å². The first kappa shape index (κ1) is 12.7. The predicted octanol–water partition coefficient (Wildman–Crippen LogP) is 2.44. The van der Waals surface area contributed by atoms with Crippen LogP contribution in [0.2, 0.25) is 0 Å². The first-order valence-corrected chi connectivity index (χ1v) is 6.83. The highest BCUT2D eigenvalue weighted by molar-refractivity contribution is 5.82. The van der Waals surface area contributed by atoms with E-state index < -0.39 is 0 Å². The summed E-state index contributed by atoms with van der Waals surface area (Å²) in [5, 5.41) is 15.5. The zero-order valence-corrected chi connectivity index (χ0v) is 11.4. The second-order valence-electron chi connectivity index (χ2n) is 4.70. The summed E-state index contributed by atoms with van der Waals surface area (Å²) in [5.41, 5.74) is 3.02. The molecular weight excluding hydrogens is 250 g/mol. The Morgan fingerprint density at radius 2 is 2.15 bits per heavy atom. The maximum absolute atomic E-state index is 4.52. The zero-order chi connectivity index (χ0) is 13.8. The Morgan fingerprint density at radius 1 is 1.25 bits per heavy atom. The second-order valence-corrected chi connectivity index (χ2v) is 4.70. The van der Waals surface area contributed by atoms with Gasteiger partial charge in [-0.3, -0.25) is 4.98 Å². The van der Waals surface area contributed by atoms with Crippen molar-refractivity contribution in [3.63, 3.8) is 0 Å². The molecule has 1 unspecified atom stereocenters. The van der Waals surface area contributed by atoms with Gasteiger partial charge in [0.25, 0.3) is 0 Å². The van der Waals surface area contributed by atoms with Crippen LogP contribution in [0.1, 0.15) is 30.6 Å². The van der Waals surface area contributed by atoms with Crippen molar-refractivity contribution >= 4 is 10.9 Å². The van der Waals surface area contributed by atoms with E-state index in [1.807, 2.05) is 12.3 Å². The van der Waals surface area contributed by atoms with Gasteiger partial charge in [0.1, 0.15) is 5.69 Å². The van der Waals surface area contributed by atoms with Crippen molar-refractivity contribution in [3.8, 4) is 0 Å². The van der Waals surface area contributed by atoms with Gasteiger partial charge in [-0.05, 0) is 19.0 Å². The maximum Gasteiger partial charge on any atom is 0.104 e. The minimum absolute atomic E-state index is 0.00676. The van der Waals surface area contributed by atoms with Crippen LogP contribution in [-0.2, 0) is 0 Å². The smallest absolute Gasteiger partial charge is 0.104 e. The van der Waals surface area contributed by atoms with Crippen LogP contribution in [0.3, 0.4) is 0 Å². The number of fused-ring (bicyclic) bond motifs is 1. The molecule has 2 heterocycles. The molecular formula is C15H17N5. The molecule has 1 aromatic carbocycles. The lowest BCUT2D eigenvalue weighted by Crippen LogP contribution is -2.24. The number of nitrogens with zero attached hydrogens (tertiary/aromatic N) is 3. The molecule has 0 spiro atoms. The van der Waals surface area contributed by atoms with Crippen LogP contribution in [-0.4, -0.2) is 26.9 Å². The summed E-state index contributed by atoms with van der Waals surface area (Å²) in [4.78, 5) is 4.52. The van der Waals surface area contributed by atoms with E-state index in [1.54, 1.807) is 6.20 Å². The van der Waals surface area contributed by atoms with E-state index >= 15 is 0 Å². The summed E-state index contributed by atoms with van der Waals surface area (Å²) in [6.07, 6.45) is 4.65. The molecule has 0 saturated heterocycles. The molecule has 5 heteroatoms. The van der Waals surface area contributed by atoms with Gasteiger partial charge in [-0.15, -0.1) is 0 Å². The number of rotatable bonds is 5. The molecule has 0 aliphatic carbocycles. The molecule has 3 rings (SSSR count). The van der Waals surface area contributed by atoms with Crippen LogP contribution in [0.5, 0.6) is 0 Å². The van der Waals surface area contributed by atoms with Crippen molar-refractivity contribution in [2.24, 2.45) is 0 Å². The number of aromatic amines is 1. The Balaban J connectivity index is 2.09. The van der Waals surface area contributed by atoms with Crippen molar-refractivity contribution in [1.29, 1.82) is 0 Å². The second kappa shape index (κ2) is 5.79. The highest BCUT2D eigenvalue weighted by Gasteiger charge is 2.18. The molecule has 1 atom stereocenters. The van der Waals surface area contributed by atoms with Crippen LogP contribution < -0.4 is 5.32 Å². The SMILES string of the molecule is CCCNC(c1cn[nH]n1)c1cccc2cccnc12. The highest BCUT2D eigenvalue weighted by atomic mass is 15.3. The maximum atomic E-state index is 4.52. The molecule has 0 amide bonds. The van der Waals surface area contributed by atoms with Gasteiger partial charge in [0, 0.05) is 17.1 Å². The van der Waals surface area contributed by atoms with Gasteiger partial charge < -0.3 is 5.32 Å². The first-order chi connectivity index (χ1) is 9.90. The minimum atomic E-state index is 0.00676. The average molecular weight is 267 g/mol. The Bertz CT molecular complexity index is 672. The molecule has 3 aromatic rings. The summed E-state index contributed by atoms with van der Waals surface area (Å²) in [6.45, 7) is 3.06. The van der Waals surface area contributed by atoms with Crippen LogP contribution in [0.15, 0.2) is 42.7 Å². The molecule has 102 valence electrons. The molecule has 20 heavy (non-hydrogen) atoms. The van der Waals surface area contributed by atoms with Crippen LogP contribution in [0.25, 0.3) is 10.9 Å². The highest BCUT2D eigenvalue weighted by Crippen LogP contribution is 2.26. The zero-order valence-electron chi connectivity index (χ0n) is 11.4. The van der Waals surface area contributed by atoms with E-state index in [4.69, 9.17) is 0 Å². The fraction of sp³-hybridized carbons (Fsp3) is 0.267. The predicted molar refractivity (Wildman–Crippen MR) is 78.3 cm³/mol. The third kappa shape index (κ3) is 2.40. The number of benzene rings is 1. The van der Waals surface area contributed by atoms with Crippen LogP contribution in [0.4, 0.5) is 0 Å². The topological polar surface area (TPSA) is 66.5 Å². The van der Waals surface area contributed by atoms with Gasteiger partial charge in [-0.1, -0.05) is 31.2 Å². The van der Waals surface area contributed by atoms with Crippen molar-refractivity contribution in [2.45, 2.75) is 19.4 Å². The summed E-state index contributed by atoms with van der Waals surface area (Å²) >= 11 is 0. The van der Waals surface area contributed by atoms with E-state index in [2.05, 4.69) is 56.9 Å². The molecule has 0 aliphatic heterocycles. The minimum Gasteiger partial charge on any atom is -0.305 e. The van der Waals surface area contributed by atoms with Gasteiger partial charge in [-0.25, -0.2) is 0 Å². The normalized spacial score (nSPS) is 12.7. The fourth-order valence-corrected chi connectivity index (χ4v) is 2.37. The Kier molecular flexibility index (Phi) is 3.69. The number of H-pyrrole nitrogens is 1. The fourth-order valence-electron chi connectivity index (χ4n) is 2.37. The number of nitrogens with one attached hydrogen (secondary N) is 2. The molecule has 5 nitrogen and oxygen atoms in total. The third-order valence-corrected chi connectivity index (χ3v) is 3.30. The van der Waals surface area contributed by atoms with Gasteiger partial charge >= 0.3 is 0 Å². The third-order valence-electron chi connectivity index (χ3n) is 3.30.